The van der Waals surface area contributed by atoms with Gasteiger partial charge in [-0.05, 0) is 47.5 Å². The Kier molecular flexibility index (Phi) is 8.82. The number of carbonyl (C=O) groups is 1. The standard InChI is InChI=1S/C27H25FN2O7/c1-34-24-15-18(16-25(35-2)27(24)37-4)6-5-17-13-21(28)26(36-3)22(14-17)29-12-11-23(31)19-7-9-20(10-8-19)30(32)33/h5-16,29H,1-4H3/b6-5-,12-11-. The van der Waals surface area contributed by atoms with E-state index in [9.17, 15) is 19.3 Å². The van der Waals surface area contributed by atoms with Crippen LogP contribution in [0.1, 0.15) is 21.5 Å². The number of hydrogen-bond acceptors (Lipinski definition) is 8. The van der Waals surface area contributed by atoms with Gasteiger partial charge in [-0.1, -0.05) is 12.2 Å². The van der Waals surface area contributed by atoms with Crippen LogP contribution in [0.15, 0.2) is 60.8 Å². The SMILES string of the molecule is COc1cc(/C=C\c2cc(F)c(OC)c(N/C=C\C(=O)c3ccc([N+](=O)[O-])cc3)c2)cc(OC)c1OC. The van der Waals surface area contributed by atoms with Crippen molar-refractivity contribution >= 4 is 29.3 Å². The lowest BCUT2D eigenvalue weighted by Gasteiger charge is -2.13. The predicted octanol–water partition coefficient (Wildman–Crippen LogP) is 5.75. The molecule has 3 aromatic rings. The molecule has 1 N–H and O–H groups in total. The van der Waals surface area contributed by atoms with Crippen LogP contribution in [0, 0.1) is 15.9 Å². The van der Waals surface area contributed by atoms with Gasteiger partial charge in [0.25, 0.3) is 5.69 Å². The molecule has 0 radical (unpaired) electrons. The van der Waals surface area contributed by atoms with Crippen LogP contribution in [0.3, 0.4) is 0 Å². The second-order valence-corrected chi connectivity index (χ2v) is 7.52. The lowest BCUT2D eigenvalue weighted by molar-refractivity contribution is -0.384. The van der Waals surface area contributed by atoms with Crippen LogP contribution in [-0.2, 0) is 0 Å². The van der Waals surface area contributed by atoms with Gasteiger partial charge in [0.15, 0.2) is 28.8 Å². The van der Waals surface area contributed by atoms with Gasteiger partial charge in [-0.15, -0.1) is 0 Å². The number of nitrogens with zero attached hydrogens (tertiary/aromatic N) is 1. The molecule has 0 unspecified atom stereocenters. The summed E-state index contributed by atoms with van der Waals surface area (Å²) < 4.78 is 35.9. The normalized spacial score (nSPS) is 10.9. The summed E-state index contributed by atoms with van der Waals surface area (Å²) in [6.45, 7) is 0. The summed E-state index contributed by atoms with van der Waals surface area (Å²) in [4.78, 5) is 22.6. The largest absolute Gasteiger partial charge is 0.493 e. The number of rotatable bonds is 11. The molecule has 0 saturated heterocycles. The van der Waals surface area contributed by atoms with Crippen LogP contribution in [0.5, 0.6) is 23.0 Å². The van der Waals surface area contributed by atoms with Crippen molar-refractivity contribution in [1.29, 1.82) is 0 Å². The molecule has 37 heavy (non-hydrogen) atoms. The Morgan fingerprint density at radius 2 is 1.43 bits per heavy atom. The van der Waals surface area contributed by atoms with Crippen LogP contribution in [-0.4, -0.2) is 39.1 Å². The first-order valence-electron chi connectivity index (χ1n) is 10.9. The lowest BCUT2D eigenvalue weighted by Crippen LogP contribution is -1.99. The minimum absolute atomic E-state index is 0.0302. The number of hydrogen-bond donors (Lipinski definition) is 1. The number of anilines is 1. The number of nitro groups is 1. The quantitative estimate of drug-likeness (QED) is 0.115. The van der Waals surface area contributed by atoms with Crippen LogP contribution in [0.25, 0.3) is 12.2 Å². The lowest BCUT2D eigenvalue weighted by atomic mass is 10.1. The first-order valence-corrected chi connectivity index (χ1v) is 10.9. The third kappa shape index (κ3) is 6.43. The van der Waals surface area contributed by atoms with Gasteiger partial charge in [0.1, 0.15) is 0 Å². The Bertz CT molecular complexity index is 1330. The second-order valence-electron chi connectivity index (χ2n) is 7.52. The van der Waals surface area contributed by atoms with E-state index in [0.717, 1.165) is 5.56 Å². The minimum atomic E-state index is -0.605. The van der Waals surface area contributed by atoms with Crippen molar-refractivity contribution in [3.63, 3.8) is 0 Å². The maximum Gasteiger partial charge on any atom is 0.269 e. The van der Waals surface area contributed by atoms with Gasteiger partial charge in [0.05, 0.1) is 39.0 Å². The van der Waals surface area contributed by atoms with Gasteiger partial charge < -0.3 is 24.3 Å². The average molecular weight is 509 g/mol. The number of nitro benzene ring substituents is 1. The summed E-state index contributed by atoms with van der Waals surface area (Å²) in [5.41, 5.74) is 1.69. The van der Waals surface area contributed by atoms with Crippen molar-refractivity contribution in [2.75, 3.05) is 33.8 Å². The highest BCUT2D eigenvalue weighted by molar-refractivity contribution is 6.04. The Balaban J connectivity index is 1.83. The number of ketones is 1. The monoisotopic (exact) mass is 508 g/mol. The van der Waals surface area contributed by atoms with Gasteiger partial charge in [0, 0.05) is 30.0 Å². The molecule has 0 spiro atoms. The number of ether oxygens (including phenoxy) is 4. The van der Waals surface area contributed by atoms with Crippen molar-refractivity contribution < 1.29 is 33.1 Å². The molecule has 3 rings (SSSR count). The van der Waals surface area contributed by atoms with Crippen LogP contribution >= 0.6 is 0 Å². The number of methoxy groups -OCH3 is 4. The van der Waals surface area contributed by atoms with Gasteiger partial charge in [-0.25, -0.2) is 4.39 Å². The average Bonchev–Trinajstić information content (AvgIpc) is 2.91. The molecule has 0 aliphatic rings. The number of benzene rings is 3. The van der Waals surface area contributed by atoms with E-state index in [-0.39, 0.29) is 22.8 Å². The van der Waals surface area contributed by atoms with E-state index in [1.54, 1.807) is 30.4 Å². The molecule has 0 aromatic heterocycles. The van der Waals surface area contributed by atoms with E-state index in [4.69, 9.17) is 18.9 Å². The maximum atomic E-state index is 14.7. The Labute approximate surface area is 212 Å². The van der Waals surface area contributed by atoms with Crippen molar-refractivity contribution in [3.8, 4) is 23.0 Å². The summed E-state index contributed by atoms with van der Waals surface area (Å²) in [5, 5.41) is 13.6. The summed E-state index contributed by atoms with van der Waals surface area (Å²) in [6, 6.07) is 11.7. The minimum Gasteiger partial charge on any atom is -0.493 e. The van der Waals surface area contributed by atoms with Crippen molar-refractivity contribution in [2.45, 2.75) is 0 Å². The third-order valence-corrected chi connectivity index (χ3v) is 5.26. The summed E-state index contributed by atoms with van der Waals surface area (Å²) >= 11 is 0. The maximum absolute atomic E-state index is 14.7. The Morgan fingerprint density at radius 3 is 1.95 bits per heavy atom. The molecule has 10 heteroatoms. The zero-order valence-corrected chi connectivity index (χ0v) is 20.6. The highest BCUT2D eigenvalue weighted by atomic mass is 19.1. The zero-order chi connectivity index (χ0) is 26.9. The fourth-order valence-corrected chi connectivity index (χ4v) is 3.47. The molecular formula is C27H25FN2O7. The number of carbonyl (C=O) groups excluding carboxylic acids is 1. The molecule has 0 heterocycles. The Hall–Kier alpha value is -4.86. The zero-order valence-electron chi connectivity index (χ0n) is 20.6. The number of nitrogens with one attached hydrogen (secondary N) is 1. The molecule has 3 aromatic carbocycles. The molecule has 0 atom stereocenters. The van der Waals surface area contributed by atoms with Crippen LogP contribution < -0.4 is 24.3 Å². The molecule has 0 saturated carbocycles. The summed E-state index contributed by atoms with van der Waals surface area (Å²) in [6.07, 6.45) is 6.02. The molecular weight excluding hydrogens is 483 g/mol. The fraction of sp³-hybridized carbons (Fsp3) is 0.148. The van der Waals surface area contributed by atoms with Crippen molar-refractivity contribution in [2.24, 2.45) is 0 Å². The van der Waals surface area contributed by atoms with E-state index in [1.165, 1.54) is 71.0 Å². The number of allylic oxidation sites excluding steroid dienone is 1. The highest BCUT2D eigenvalue weighted by Crippen LogP contribution is 2.39. The molecule has 192 valence electrons. The molecule has 0 aliphatic carbocycles. The molecule has 0 fully saturated rings. The number of non-ortho nitro benzene ring substituents is 1. The highest BCUT2D eigenvalue weighted by Gasteiger charge is 2.13. The van der Waals surface area contributed by atoms with Gasteiger partial charge in [-0.2, -0.15) is 0 Å². The summed E-state index contributed by atoms with van der Waals surface area (Å²) in [5.74, 6) is 0.393. The Morgan fingerprint density at radius 1 is 0.865 bits per heavy atom. The van der Waals surface area contributed by atoms with Crippen molar-refractivity contribution in [1.82, 2.24) is 0 Å². The van der Waals surface area contributed by atoms with E-state index in [0.29, 0.717) is 28.5 Å². The molecule has 9 nitrogen and oxygen atoms in total. The topological polar surface area (TPSA) is 109 Å². The van der Waals surface area contributed by atoms with E-state index in [1.807, 2.05) is 0 Å². The van der Waals surface area contributed by atoms with Crippen LogP contribution in [0.4, 0.5) is 15.8 Å². The van der Waals surface area contributed by atoms with E-state index in [2.05, 4.69) is 5.32 Å². The van der Waals surface area contributed by atoms with Gasteiger partial charge >= 0.3 is 0 Å². The van der Waals surface area contributed by atoms with Gasteiger partial charge in [-0.3, -0.25) is 14.9 Å². The second kappa shape index (κ2) is 12.2. The van der Waals surface area contributed by atoms with E-state index >= 15 is 0 Å². The molecule has 0 aliphatic heterocycles. The van der Waals surface area contributed by atoms with Gasteiger partial charge in [0.2, 0.25) is 5.75 Å². The van der Waals surface area contributed by atoms with Crippen molar-refractivity contribution in [3.05, 3.63) is 93.4 Å². The molecule has 0 amide bonds. The first kappa shape index (κ1) is 26.7. The smallest absolute Gasteiger partial charge is 0.269 e. The third-order valence-electron chi connectivity index (χ3n) is 5.26. The van der Waals surface area contributed by atoms with Crippen LogP contribution in [0.2, 0.25) is 0 Å². The molecule has 0 bridgehead atoms. The summed E-state index contributed by atoms with van der Waals surface area (Å²) in [7, 11) is 5.88. The van der Waals surface area contributed by atoms with E-state index < -0.39 is 10.7 Å². The fourth-order valence-electron chi connectivity index (χ4n) is 3.47. The predicted molar refractivity (Wildman–Crippen MR) is 138 cm³/mol. The first-order chi connectivity index (χ1) is 17.8. The number of halogens is 1.